The summed E-state index contributed by atoms with van der Waals surface area (Å²) in [6, 6.07) is 0. The highest BCUT2D eigenvalue weighted by molar-refractivity contribution is 5.72. The monoisotopic (exact) mass is 1070 g/mol. The van der Waals surface area contributed by atoms with Crippen LogP contribution in [0.4, 0.5) is 0 Å². The number of rotatable bonds is 58. The molecule has 1 unspecified atom stereocenters. The first-order chi connectivity index (χ1) is 38.0. The number of carbonyl (C=O) groups is 3. The molecule has 0 aliphatic carbocycles. The normalized spacial score (nSPS) is 12.8. The molecule has 0 amide bonds. The Labute approximate surface area is 476 Å². The summed E-state index contributed by atoms with van der Waals surface area (Å²) in [6.45, 7) is 6.35. The number of allylic oxidation sites excluding steroid dienone is 17. The van der Waals surface area contributed by atoms with Gasteiger partial charge in [0.05, 0.1) is 6.42 Å². The minimum Gasteiger partial charge on any atom is -0.462 e. The van der Waals surface area contributed by atoms with E-state index in [1.165, 1.54) is 161 Å². The third kappa shape index (κ3) is 62.8. The molecule has 0 fully saturated rings. The van der Waals surface area contributed by atoms with Gasteiger partial charge in [-0.25, -0.2) is 0 Å². The first kappa shape index (κ1) is 73.1. The largest absolute Gasteiger partial charge is 0.462 e. The second-order valence-electron chi connectivity index (χ2n) is 21.3. The highest BCUT2D eigenvalue weighted by atomic mass is 16.6. The van der Waals surface area contributed by atoms with Crippen molar-refractivity contribution in [3.63, 3.8) is 0 Å². The maximum absolute atomic E-state index is 12.9. The molecule has 440 valence electrons. The zero-order valence-electron chi connectivity index (χ0n) is 50.4. The van der Waals surface area contributed by atoms with Crippen LogP contribution in [0.2, 0.25) is 0 Å². The number of hydrogen-bond acceptors (Lipinski definition) is 6. The smallest absolute Gasteiger partial charge is 0.309 e. The van der Waals surface area contributed by atoms with E-state index in [-0.39, 0.29) is 31.6 Å². The van der Waals surface area contributed by atoms with Crippen molar-refractivity contribution in [2.24, 2.45) is 0 Å². The lowest BCUT2D eigenvalue weighted by Crippen LogP contribution is -2.30. The van der Waals surface area contributed by atoms with E-state index in [1.807, 2.05) is 6.08 Å². The summed E-state index contributed by atoms with van der Waals surface area (Å²) in [6.07, 6.45) is 88.4. The molecule has 0 aromatic rings. The van der Waals surface area contributed by atoms with E-state index in [1.54, 1.807) is 6.08 Å². The molecular formula is C71H120O6. The summed E-state index contributed by atoms with van der Waals surface area (Å²) in [4.78, 5) is 38.3. The van der Waals surface area contributed by atoms with Crippen molar-refractivity contribution in [3.8, 4) is 0 Å². The zero-order chi connectivity index (χ0) is 55.7. The van der Waals surface area contributed by atoms with Crippen molar-refractivity contribution in [2.75, 3.05) is 13.2 Å². The van der Waals surface area contributed by atoms with E-state index in [4.69, 9.17) is 14.2 Å². The summed E-state index contributed by atoms with van der Waals surface area (Å²) in [5.74, 6) is -1.04. The fraction of sp³-hybridized carbons (Fsp3) is 0.704. The number of esters is 3. The number of hydrogen-bond donors (Lipinski definition) is 0. The standard InChI is InChI=1S/C71H120O6/c1-4-7-10-13-16-19-22-25-28-30-32-34-35-37-38-40-43-46-49-52-55-58-61-64-70(73)76-67-68(66-75-69(72)63-60-57-54-51-48-45-42-27-24-21-18-15-12-9-6-3)77-71(74)65-62-59-56-53-50-47-44-41-39-36-33-31-29-26-23-20-17-14-11-8-5-2/h8-9,11-12,17-18,20-21,26-27,29,33,36,42,48,51,57,60,68H,4-7,10,13-16,19,22-25,28,30-32,34-35,37-41,43-47,49-50,52-56,58-59,61-67H2,1-3H3/b11-8-,12-9-,20-17-,21-18-,29-26-,36-33-,42-27-,51-48-,60-57-. The van der Waals surface area contributed by atoms with Gasteiger partial charge < -0.3 is 14.2 Å². The van der Waals surface area contributed by atoms with Crippen LogP contribution in [-0.2, 0) is 28.6 Å². The van der Waals surface area contributed by atoms with Gasteiger partial charge in [0.1, 0.15) is 13.2 Å². The van der Waals surface area contributed by atoms with E-state index in [2.05, 4.69) is 118 Å². The fourth-order valence-electron chi connectivity index (χ4n) is 9.04. The minimum absolute atomic E-state index is 0.110. The Morgan fingerprint density at radius 3 is 0.909 bits per heavy atom. The van der Waals surface area contributed by atoms with Crippen LogP contribution in [0.25, 0.3) is 0 Å². The Bertz CT molecular complexity index is 1560. The predicted octanol–water partition coefficient (Wildman–Crippen LogP) is 22.2. The molecule has 0 bridgehead atoms. The van der Waals surface area contributed by atoms with Gasteiger partial charge in [-0.1, -0.05) is 310 Å². The third-order valence-electron chi connectivity index (χ3n) is 13.8. The molecule has 77 heavy (non-hydrogen) atoms. The van der Waals surface area contributed by atoms with Crippen LogP contribution >= 0.6 is 0 Å². The van der Waals surface area contributed by atoms with Crippen LogP contribution in [0, 0.1) is 0 Å². The minimum atomic E-state index is -0.824. The summed E-state index contributed by atoms with van der Waals surface area (Å²) >= 11 is 0. The summed E-state index contributed by atoms with van der Waals surface area (Å²) in [7, 11) is 0. The van der Waals surface area contributed by atoms with Gasteiger partial charge in [0.15, 0.2) is 6.10 Å². The molecule has 0 aromatic heterocycles. The van der Waals surface area contributed by atoms with Gasteiger partial charge >= 0.3 is 17.9 Å². The second kappa shape index (κ2) is 64.6. The highest BCUT2D eigenvalue weighted by Gasteiger charge is 2.19. The molecule has 0 N–H and O–H groups in total. The van der Waals surface area contributed by atoms with E-state index < -0.39 is 12.1 Å². The summed E-state index contributed by atoms with van der Waals surface area (Å²) in [5, 5.41) is 0. The lowest BCUT2D eigenvalue weighted by atomic mass is 10.0. The van der Waals surface area contributed by atoms with Crippen LogP contribution < -0.4 is 0 Å². The number of carbonyl (C=O) groups excluding carboxylic acids is 3. The molecule has 0 spiro atoms. The molecule has 0 aromatic carbocycles. The van der Waals surface area contributed by atoms with Gasteiger partial charge in [-0.15, -0.1) is 0 Å². The van der Waals surface area contributed by atoms with Crippen LogP contribution in [0.5, 0.6) is 0 Å². The molecule has 0 saturated carbocycles. The fourth-order valence-corrected chi connectivity index (χ4v) is 9.04. The van der Waals surface area contributed by atoms with Crippen LogP contribution in [0.1, 0.15) is 303 Å². The van der Waals surface area contributed by atoms with Crippen LogP contribution in [-0.4, -0.2) is 37.2 Å². The average Bonchev–Trinajstić information content (AvgIpc) is 3.43. The van der Waals surface area contributed by atoms with Crippen molar-refractivity contribution in [2.45, 2.75) is 309 Å². The number of unbranched alkanes of at least 4 members (excludes halogenated alkanes) is 30. The van der Waals surface area contributed by atoms with Gasteiger partial charge in [-0.05, 0) is 83.5 Å². The van der Waals surface area contributed by atoms with Crippen molar-refractivity contribution in [3.05, 3.63) is 109 Å². The molecular weight excluding hydrogens is 949 g/mol. The topological polar surface area (TPSA) is 78.9 Å². The van der Waals surface area contributed by atoms with E-state index in [9.17, 15) is 14.4 Å². The molecule has 0 aliphatic heterocycles. The quantitative estimate of drug-likeness (QED) is 0.0261. The Balaban J connectivity index is 4.41. The zero-order valence-corrected chi connectivity index (χ0v) is 50.4. The Morgan fingerprint density at radius 2 is 0.558 bits per heavy atom. The van der Waals surface area contributed by atoms with Gasteiger partial charge in [-0.3, -0.25) is 14.4 Å². The molecule has 0 saturated heterocycles. The Kier molecular flexibility index (Phi) is 61.3. The average molecular weight is 1070 g/mol. The lowest BCUT2D eigenvalue weighted by Gasteiger charge is -2.18. The molecule has 0 radical (unpaired) electrons. The van der Waals surface area contributed by atoms with Gasteiger partial charge in [0.2, 0.25) is 0 Å². The first-order valence-corrected chi connectivity index (χ1v) is 32.4. The molecule has 6 heteroatoms. The highest BCUT2D eigenvalue weighted by Crippen LogP contribution is 2.17. The van der Waals surface area contributed by atoms with Crippen molar-refractivity contribution < 1.29 is 28.6 Å². The van der Waals surface area contributed by atoms with Gasteiger partial charge in [-0.2, -0.15) is 0 Å². The summed E-state index contributed by atoms with van der Waals surface area (Å²) in [5.41, 5.74) is 0. The maximum atomic E-state index is 12.9. The van der Waals surface area contributed by atoms with Crippen molar-refractivity contribution in [1.82, 2.24) is 0 Å². The van der Waals surface area contributed by atoms with Gasteiger partial charge in [0.25, 0.3) is 0 Å². The maximum Gasteiger partial charge on any atom is 0.309 e. The Morgan fingerprint density at radius 1 is 0.286 bits per heavy atom. The van der Waals surface area contributed by atoms with E-state index in [0.29, 0.717) is 12.8 Å². The lowest BCUT2D eigenvalue weighted by molar-refractivity contribution is -0.166. The molecule has 0 rings (SSSR count). The predicted molar refractivity (Wildman–Crippen MR) is 334 cm³/mol. The van der Waals surface area contributed by atoms with Crippen molar-refractivity contribution in [1.29, 1.82) is 0 Å². The Hall–Kier alpha value is -3.93. The van der Waals surface area contributed by atoms with Crippen LogP contribution in [0.3, 0.4) is 0 Å². The van der Waals surface area contributed by atoms with Gasteiger partial charge in [0, 0.05) is 12.8 Å². The third-order valence-corrected chi connectivity index (χ3v) is 13.8. The first-order valence-electron chi connectivity index (χ1n) is 32.4. The van der Waals surface area contributed by atoms with E-state index >= 15 is 0 Å². The molecule has 0 heterocycles. The number of ether oxygens (including phenoxy) is 3. The van der Waals surface area contributed by atoms with E-state index in [0.717, 1.165) is 103 Å². The van der Waals surface area contributed by atoms with Crippen molar-refractivity contribution >= 4 is 17.9 Å². The SMILES string of the molecule is CC/C=C\C/C=C\C/C=C\C/C=C\C/C=C\CC(=O)OCC(COC(=O)CCCCCCCCCCCCCCCCCCCCCCCCC)OC(=O)CCCCCCCCCC/C=C\C/C=C\C/C=C\C/C=C\CC. The molecule has 1 atom stereocenters. The second-order valence-corrected chi connectivity index (χ2v) is 21.3. The molecule has 0 aliphatic rings. The molecule has 6 nitrogen and oxygen atoms in total. The summed E-state index contributed by atoms with van der Waals surface area (Å²) < 4.78 is 16.8. The van der Waals surface area contributed by atoms with Crippen LogP contribution in [0.15, 0.2) is 109 Å².